The highest BCUT2D eigenvalue weighted by molar-refractivity contribution is 9.10. The van der Waals surface area contributed by atoms with E-state index < -0.39 is 0 Å². The Balaban J connectivity index is 2.31. The van der Waals surface area contributed by atoms with E-state index >= 15 is 0 Å². The highest BCUT2D eigenvalue weighted by Crippen LogP contribution is 2.36. The van der Waals surface area contributed by atoms with Gasteiger partial charge in [0, 0.05) is 17.7 Å². The van der Waals surface area contributed by atoms with Gasteiger partial charge in [-0.2, -0.15) is 0 Å². The Morgan fingerprint density at radius 2 is 1.95 bits per heavy atom. The van der Waals surface area contributed by atoms with Gasteiger partial charge in [-0.3, -0.25) is 9.78 Å². The molecule has 104 valence electrons. The molecule has 0 saturated carbocycles. The van der Waals surface area contributed by atoms with E-state index in [9.17, 15) is 4.79 Å². The summed E-state index contributed by atoms with van der Waals surface area (Å²) in [6.45, 7) is 0. The second-order valence-corrected chi connectivity index (χ2v) is 5.46. The van der Waals surface area contributed by atoms with Crippen LogP contribution in [0.15, 0.2) is 35.1 Å². The van der Waals surface area contributed by atoms with Crippen LogP contribution < -0.4 is 10.6 Å². The third kappa shape index (κ3) is 3.06. The first-order valence-electron chi connectivity index (χ1n) is 5.61. The Kier molecular flexibility index (Phi) is 4.86. The quantitative estimate of drug-likeness (QED) is 0.780. The monoisotopic (exact) mass is 373 g/mol. The van der Waals surface area contributed by atoms with Gasteiger partial charge >= 0.3 is 0 Å². The molecule has 1 heterocycles. The molecule has 0 aliphatic rings. The molecular weight excluding hydrogens is 365 g/mol. The lowest BCUT2D eigenvalue weighted by Gasteiger charge is -2.11. The minimum atomic E-state index is -0.294. The number of benzene rings is 1. The predicted octanol–water partition coefficient (Wildman–Crippen LogP) is 4.44. The molecule has 2 N–H and O–H groups in total. The fourth-order valence-electron chi connectivity index (χ4n) is 1.60. The molecule has 4 nitrogen and oxygen atoms in total. The maximum atomic E-state index is 12.2. The van der Waals surface area contributed by atoms with Crippen LogP contribution in [0, 0.1) is 0 Å². The second-order valence-electron chi connectivity index (χ2n) is 3.85. The molecule has 2 rings (SSSR count). The largest absolute Gasteiger partial charge is 0.386 e. The topological polar surface area (TPSA) is 54.0 Å². The van der Waals surface area contributed by atoms with E-state index in [4.69, 9.17) is 23.2 Å². The first-order chi connectivity index (χ1) is 9.54. The first-order valence-corrected chi connectivity index (χ1v) is 7.16. The molecule has 0 unspecified atom stereocenters. The second kappa shape index (κ2) is 6.43. The van der Waals surface area contributed by atoms with E-state index in [1.807, 2.05) is 0 Å². The highest BCUT2D eigenvalue weighted by Gasteiger charge is 2.14. The van der Waals surface area contributed by atoms with Crippen molar-refractivity contribution >= 4 is 56.4 Å². The molecule has 0 spiro atoms. The lowest BCUT2D eigenvalue weighted by molar-refractivity contribution is 0.102. The van der Waals surface area contributed by atoms with Crippen molar-refractivity contribution in [3.63, 3.8) is 0 Å². The Bertz CT molecular complexity index is 664. The number of hydrogen-bond acceptors (Lipinski definition) is 3. The number of amides is 1. The fraction of sp³-hybridized carbons (Fsp3) is 0.0769. The van der Waals surface area contributed by atoms with Gasteiger partial charge in [0.05, 0.1) is 33.2 Å². The molecule has 0 bridgehead atoms. The summed E-state index contributed by atoms with van der Waals surface area (Å²) in [5.41, 5.74) is 1.55. The number of rotatable bonds is 3. The SMILES string of the molecule is CNc1cnccc1C(=O)Nc1ccc(Br)c(Cl)c1Cl. The maximum absolute atomic E-state index is 12.2. The van der Waals surface area contributed by atoms with E-state index in [1.54, 1.807) is 37.6 Å². The van der Waals surface area contributed by atoms with Gasteiger partial charge in [-0.05, 0) is 34.1 Å². The number of carbonyl (C=O) groups is 1. The van der Waals surface area contributed by atoms with Gasteiger partial charge in [-0.25, -0.2) is 0 Å². The van der Waals surface area contributed by atoms with Crippen LogP contribution in [-0.4, -0.2) is 17.9 Å². The zero-order valence-electron chi connectivity index (χ0n) is 10.4. The number of anilines is 2. The summed E-state index contributed by atoms with van der Waals surface area (Å²) in [7, 11) is 1.72. The zero-order chi connectivity index (χ0) is 14.7. The number of hydrogen-bond donors (Lipinski definition) is 2. The molecule has 0 aliphatic carbocycles. The molecule has 0 aliphatic heterocycles. The van der Waals surface area contributed by atoms with E-state index in [0.29, 0.717) is 26.4 Å². The molecule has 0 saturated heterocycles. The molecule has 2 aromatic rings. The normalized spacial score (nSPS) is 10.2. The van der Waals surface area contributed by atoms with Gasteiger partial charge < -0.3 is 10.6 Å². The van der Waals surface area contributed by atoms with Gasteiger partial charge in [0.1, 0.15) is 0 Å². The summed E-state index contributed by atoms with van der Waals surface area (Å²) >= 11 is 15.4. The number of nitrogens with one attached hydrogen (secondary N) is 2. The number of carbonyl (C=O) groups excluding carboxylic acids is 1. The van der Waals surface area contributed by atoms with Crippen molar-refractivity contribution in [1.29, 1.82) is 0 Å². The highest BCUT2D eigenvalue weighted by atomic mass is 79.9. The van der Waals surface area contributed by atoms with E-state index in [2.05, 4.69) is 31.5 Å². The number of aromatic nitrogens is 1. The molecule has 1 aromatic heterocycles. The third-order valence-corrected chi connectivity index (χ3v) is 4.39. The standard InChI is InChI=1S/C13H10BrCl2N3O/c1-17-10-6-18-5-4-7(10)13(20)19-9-3-2-8(14)11(15)12(9)16/h2-6,17H,1H3,(H,19,20). The van der Waals surface area contributed by atoms with Crippen LogP contribution in [0.4, 0.5) is 11.4 Å². The summed E-state index contributed by atoms with van der Waals surface area (Å²) in [6.07, 6.45) is 3.12. The van der Waals surface area contributed by atoms with E-state index in [-0.39, 0.29) is 10.9 Å². The molecular formula is C13H10BrCl2N3O. The third-order valence-electron chi connectivity index (χ3n) is 2.62. The molecule has 7 heteroatoms. The van der Waals surface area contributed by atoms with Crippen LogP contribution in [0.2, 0.25) is 10.0 Å². The summed E-state index contributed by atoms with van der Waals surface area (Å²) in [5.74, 6) is -0.294. The van der Waals surface area contributed by atoms with Gasteiger partial charge in [0.15, 0.2) is 0 Å². The van der Waals surface area contributed by atoms with Crippen LogP contribution >= 0.6 is 39.1 Å². The fourth-order valence-corrected chi connectivity index (χ4v) is 2.43. The molecule has 1 aromatic carbocycles. The smallest absolute Gasteiger partial charge is 0.257 e. The maximum Gasteiger partial charge on any atom is 0.257 e. The van der Waals surface area contributed by atoms with E-state index in [1.165, 1.54) is 0 Å². The van der Waals surface area contributed by atoms with Gasteiger partial charge in [-0.15, -0.1) is 0 Å². The van der Waals surface area contributed by atoms with Crippen molar-refractivity contribution in [3.05, 3.63) is 50.7 Å². The Hall–Kier alpha value is -1.30. The van der Waals surface area contributed by atoms with Gasteiger partial charge in [-0.1, -0.05) is 23.2 Å². The molecule has 0 atom stereocenters. The number of pyridine rings is 1. The van der Waals surface area contributed by atoms with Crippen LogP contribution in [0.1, 0.15) is 10.4 Å². The summed E-state index contributed by atoms with van der Waals surface area (Å²) < 4.78 is 0.669. The molecule has 20 heavy (non-hydrogen) atoms. The van der Waals surface area contributed by atoms with Crippen molar-refractivity contribution < 1.29 is 4.79 Å². The average Bonchev–Trinajstić information content (AvgIpc) is 2.47. The molecule has 0 fully saturated rings. The number of nitrogens with zero attached hydrogens (tertiary/aromatic N) is 1. The van der Waals surface area contributed by atoms with Crippen molar-refractivity contribution in [3.8, 4) is 0 Å². The summed E-state index contributed by atoms with van der Waals surface area (Å²) in [6, 6.07) is 5.02. The van der Waals surface area contributed by atoms with Gasteiger partial charge in [0.2, 0.25) is 0 Å². The summed E-state index contributed by atoms with van der Waals surface area (Å²) in [5, 5.41) is 6.27. The number of halogens is 3. The van der Waals surface area contributed by atoms with Gasteiger partial charge in [0.25, 0.3) is 5.91 Å². The van der Waals surface area contributed by atoms with Crippen LogP contribution in [0.5, 0.6) is 0 Å². The molecule has 0 radical (unpaired) electrons. The summed E-state index contributed by atoms with van der Waals surface area (Å²) in [4.78, 5) is 16.2. The Morgan fingerprint density at radius 3 is 2.65 bits per heavy atom. The van der Waals surface area contributed by atoms with E-state index in [0.717, 1.165) is 0 Å². The van der Waals surface area contributed by atoms with Crippen LogP contribution in [0.3, 0.4) is 0 Å². The lowest BCUT2D eigenvalue weighted by Crippen LogP contribution is -2.14. The van der Waals surface area contributed by atoms with Crippen molar-refractivity contribution in [2.75, 3.05) is 17.7 Å². The van der Waals surface area contributed by atoms with Crippen LogP contribution in [0.25, 0.3) is 0 Å². The Morgan fingerprint density at radius 1 is 1.20 bits per heavy atom. The predicted molar refractivity (Wildman–Crippen MR) is 85.9 cm³/mol. The van der Waals surface area contributed by atoms with Crippen molar-refractivity contribution in [2.45, 2.75) is 0 Å². The first kappa shape index (κ1) is 15.1. The Labute approximate surface area is 134 Å². The minimum absolute atomic E-state index is 0.287. The van der Waals surface area contributed by atoms with Crippen molar-refractivity contribution in [2.24, 2.45) is 0 Å². The van der Waals surface area contributed by atoms with Crippen LogP contribution in [-0.2, 0) is 0 Å². The average molecular weight is 375 g/mol. The minimum Gasteiger partial charge on any atom is -0.386 e. The van der Waals surface area contributed by atoms with Crippen molar-refractivity contribution in [1.82, 2.24) is 4.98 Å². The molecule has 1 amide bonds. The zero-order valence-corrected chi connectivity index (χ0v) is 13.5. The lowest BCUT2D eigenvalue weighted by atomic mass is 10.2.